The molecule has 5 heterocycles. The Morgan fingerprint density at radius 1 is 1.00 bits per heavy atom. The number of fused-ring (bicyclic) bond motifs is 2. The van der Waals surface area contributed by atoms with Gasteiger partial charge in [0.05, 0.1) is 41.9 Å². The van der Waals surface area contributed by atoms with Gasteiger partial charge in [0.15, 0.2) is 23.8 Å². The molecule has 1 aromatic carbocycles. The van der Waals surface area contributed by atoms with Gasteiger partial charge in [-0.15, -0.1) is 0 Å². The number of amides is 1. The van der Waals surface area contributed by atoms with Crippen LogP contribution in [0.3, 0.4) is 0 Å². The molecule has 0 saturated carbocycles. The van der Waals surface area contributed by atoms with E-state index < -0.39 is 89.3 Å². The number of carbonyl (C=O) groups excluding carboxylic acids is 5. The van der Waals surface area contributed by atoms with Gasteiger partial charge in [-0.05, 0) is 80.0 Å². The summed E-state index contributed by atoms with van der Waals surface area (Å²) >= 11 is 0. The average molecular weight is 892 g/mol. The summed E-state index contributed by atoms with van der Waals surface area (Å²) in [6.45, 7) is 16.2. The van der Waals surface area contributed by atoms with Gasteiger partial charge in [-0.25, -0.2) is 9.78 Å². The van der Waals surface area contributed by atoms with Crippen molar-refractivity contribution in [2.75, 3.05) is 27.7 Å². The zero-order chi connectivity index (χ0) is 46.8. The molecule has 2 aromatic heterocycles. The monoisotopic (exact) mass is 891 g/mol. The molecule has 0 bridgehead atoms. The Morgan fingerprint density at radius 3 is 2.38 bits per heavy atom. The van der Waals surface area contributed by atoms with E-state index in [-0.39, 0.29) is 37.3 Å². The molecule has 64 heavy (non-hydrogen) atoms. The van der Waals surface area contributed by atoms with Crippen molar-refractivity contribution in [3.05, 3.63) is 43.0 Å². The highest BCUT2D eigenvalue weighted by molar-refractivity contribution is 6.00. The van der Waals surface area contributed by atoms with Crippen LogP contribution in [0, 0.1) is 23.7 Å². The number of hydrogen-bond acceptors (Lipinski definition) is 13. The Morgan fingerprint density at radius 2 is 1.70 bits per heavy atom. The lowest BCUT2D eigenvalue weighted by molar-refractivity contribution is -0.298. The zero-order valence-electron chi connectivity index (χ0n) is 39.6. The second-order valence-corrected chi connectivity index (χ2v) is 18.9. The molecule has 3 aromatic rings. The van der Waals surface area contributed by atoms with E-state index >= 15 is 0 Å². The summed E-state index contributed by atoms with van der Waals surface area (Å²) in [4.78, 5) is 81.5. The highest BCUT2D eigenvalue weighted by atomic mass is 16.7. The molecule has 352 valence electrons. The summed E-state index contributed by atoms with van der Waals surface area (Å²) < 4.78 is 39.6. The van der Waals surface area contributed by atoms with E-state index in [2.05, 4.69) is 16.0 Å². The summed E-state index contributed by atoms with van der Waals surface area (Å²) in [6, 6.07) is 6.98. The number of para-hydroxylation sites is 1. The van der Waals surface area contributed by atoms with E-state index in [9.17, 15) is 24.0 Å². The molecule has 3 aliphatic heterocycles. The number of esters is 2. The highest BCUT2D eigenvalue weighted by Crippen LogP contribution is 2.43. The number of carbonyl (C=O) groups is 5. The van der Waals surface area contributed by atoms with E-state index in [1.807, 2.05) is 74.9 Å². The molecule has 0 aliphatic carbocycles. The predicted octanol–water partition coefficient (Wildman–Crippen LogP) is 6.59. The average Bonchev–Trinajstić information content (AvgIpc) is 3.97. The van der Waals surface area contributed by atoms with Gasteiger partial charge in [-0.3, -0.25) is 19.2 Å². The Hall–Kier alpha value is -4.64. The van der Waals surface area contributed by atoms with Crippen LogP contribution in [-0.4, -0.2) is 136 Å². The van der Waals surface area contributed by atoms with Gasteiger partial charge in [-0.1, -0.05) is 45.9 Å². The largest absolute Gasteiger partial charge is 0.458 e. The van der Waals surface area contributed by atoms with Gasteiger partial charge in [0.1, 0.15) is 17.8 Å². The third kappa shape index (κ3) is 9.80. The Labute approximate surface area is 377 Å². The molecular weight excluding hydrogens is 823 g/mol. The molecule has 3 saturated heterocycles. The molecule has 16 nitrogen and oxygen atoms in total. The topological polar surface area (TPSA) is 181 Å². The third-order valence-electron chi connectivity index (χ3n) is 14.0. The SMILES string of the molecule is CC[C@H]1OC(=O)[C@H](C)C(=O)[C@H](C)[C@@H](O[C@@H]2O[C@H](C)C[C@H](N(C)C)[C@H]2OC(C)=O)[C@](C)(OC)C[C@@H](C)C(=O)[C@H](C)[C@@H]2N(CCCCn3cnc(-c4c[nH]c5ccccc45)c3)C(=O)O[C@@]21C. The lowest BCUT2D eigenvalue weighted by Crippen LogP contribution is -2.61. The number of benzene rings is 1. The predicted molar refractivity (Wildman–Crippen MR) is 238 cm³/mol. The Kier molecular flexibility index (Phi) is 15.1. The second kappa shape index (κ2) is 19.8. The smallest absolute Gasteiger partial charge is 0.410 e. The van der Waals surface area contributed by atoms with Gasteiger partial charge >= 0.3 is 18.0 Å². The van der Waals surface area contributed by atoms with Gasteiger partial charge < -0.3 is 47.8 Å². The van der Waals surface area contributed by atoms with Crippen molar-refractivity contribution in [2.45, 2.75) is 155 Å². The van der Waals surface area contributed by atoms with E-state index in [1.54, 1.807) is 38.9 Å². The standard InChI is InChI=1S/C48H69N5O11/c1-13-38-48(9)42(53(46(58)64-48)21-17-16-20-52-25-36(50-26-52)34-24-49-35-19-15-14-18-33(34)35)29(4)39(55)27(2)23-47(8,59-12)43(30(5)40(56)31(6)44(57)62-38)63-45-41(61-32(7)54)37(51(10)11)22-28(3)60-45/h14-15,18-19,24-31,37-38,41-43,45,49H,13,16-17,20-23H2,1-12H3/t27-,28-,29+,30+,31-,37+,38-,41-,42+,43-,45+,47-,48-/m1/s1. The fourth-order valence-corrected chi connectivity index (χ4v) is 10.5. The number of Topliss-reactive ketones (excluding diaryl/α,β-unsaturated/α-hetero) is 2. The molecule has 1 amide bonds. The quantitative estimate of drug-likeness (QED) is 0.0892. The van der Waals surface area contributed by atoms with Crippen LogP contribution >= 0.6 is 0 Å². The molecule has 0 spiro atoms. The summed E-state index contributed by atoms with van der Waals surface area (Å²) in [7, 11) is 5.26. The van der Waals surface area contributed by atoms with Crippen molar-refractivity contribution in [3.8, 4) is 11.3 Å². The number of ether oxygens (including phenoxy) is 6. The third-order valence-corrected chi connectivity index (χ3v) is 14.0. The number of aromatic amines is 1. The van der Waals surface area contributed by atoms with Crippen LogP contribution in [0.4, 0.5) is 4.79 Å². The maximum atomic E-state index is 14.9. The number of rotatable bonds is 12. The van der Waals surface area contributed by atoms with Crippen LogP contribution < -0.4 is 0 Å². The molecule has 13 atom stereocenters. The maximum absolute atomic E-state index is 14.9. The number of aromatic nitrogens is 3. The van der Waals surface area contributed by atoms with Crippen LogP contribution in [0.2, 0.25) is 0 Å². The lowest BCUT2D eigenvalue weighted by atomic mass is 9.73. The van der Waals surface area contributed by atoms with Crippen molar-refractivity contribution >= 4 is 40.5 Å². The number of likely N-dealkylation sites (N-methyl/N-ethyl adjacent to an activating group) is 1. The summed E-state index contributed by atoms with van der Waals surface area (Å²) in [5.74, 6) is -5.64. The molecule has 16 heteroatoms. The lowest BCUT2D eigenvalue weighted by Gasteiger charge is -2.47. The minimum Gasteiger partial charge on any atom is -0.458 e. The molecule has 0 radical (unpaired) electrons. The summed E-state index contributed by atoms with van der Waals surface area (Å²) in [5.41, 5.74) is 0.171. The van der Waals surface area contributed by atoms with Crippen molar-refractivity contribution < 1.29 is 52.4 Å². The Balaban J connectivity index is 1.27. The van der Waals surface area contributed by atoms with E-state index in [1.165, 1.54) is 21.0 Å². The summed E-state index contributed by atoms with van der Waals surface area (Å²) in [6.07, 6.45) is 3.02. The maximum Gasteiger partial charge on any atom is 0.410 e. The fourth-order valence-electron chi connectivity index (χ4n) is 10.5. The number of nitrogens with zero attached hydrogens (tertiary/aromatic N) is 4. The first-order valence-corrected chi connectivity index (χ1v) is 22.8. The minimum atomic E-state index is -1.42. The number of aryl methyl sites for hydroxylation is 1. The minimum absolute atomic E-state index is 0.103. The van der Waals surface area contributed by atoms with E-state index in [4.69, 9.17) is 28.4 Å². The van der Waals surface area contributed by atoms with Crippen LogP contribution in [-0.2, 0) is 54.1 Å². The van der Waals surface area contributed by atoms with Crippen LogP contribution in [0.15, 0.2) is 43.0 Å². The first-order valence-electron chi connectivity index (χ1n) is 22.8. The van der Waals surface area contributed by atoms with Gasteiger partial charge in [0.2, 0.25) is 0 Å². The van der Waals surface area contributed by atoms with Crippen LogP contribution in [0.5, 0.6) is 0 Å². The van der Waals surface area contributed by atoms with E-state index in [0.29, 0.717) is 25.8 Å². The zero-order valence-corrected chi connectivity index (χ0v) is 39.6. The summed E-state index contributed by atoms with van der Waals surface area (Å²) in [5, 5.41) is 1.09. The highest BCUT2D eigenvalue weighted by Gasteiger charge is 2.60. The number of unbranched alkanes of at least 4 members (excludes halogenated alkanes) is 1. The van der Waals surface area contributed by atoms with Crippen molar-refractivity contribution in [1.82, 2.24) is 24.3 Å². The molecule has 3 fully saturated rings. The number of cyclic esters (lactones) is 1. The molecule has 6 rings (SSSR count). The first-order chi connectivity index (χ1) is 30.2. The number of H-pyrrole nitrogens is 1. The van der Waals surface area contributed by atoms with Gasteiger partial charge in [0, 0.05) is 73.7 Å². The van der Waals surface area contributed by atoms with Crippen molar-refractivity contribution in [2.24, 2.45) is 23.7 Å². The molecule has 0 unspecified atom stereocenters. The molecule has 1 N–H and O–H groups in total. The van der Waals surface area contributed by atoms with E-state index in [0.717, 1.165) is 22.2 Å². The second-order valence-electron chi connectivity index (χ2n) is 18.9. The van der Waals surface area contributed by atoms with Gasteiger partial charge in [0.25, 0.3) is 0 Å². The number of methoxy groups -OCH3 is 1. The Bertz CT molecular complexity index is 2150. The number of hydrogen-bond donors (Lipinski definition) is 1. The molecular formula is C48H69N5O11. The van der Waals surface area contributed by atoms with Crippen molar-refractivity contribution in [1.29, 1.82) is 0 Å². The first kappa shape index (κ1) is 48.8. The van der Waals surface area contributed by atoms with Crippen LogP contribution in [0.25, 0.3) is 22.2 Å². The fraction of sp³-hybridized carbons (Fsp3) is 0.667. The number of imidazole rings is 1. The van der Waals surface area contributed by atoms with Crippen LogP contribution in [0.1, 0.15) is 94.4 Å². The normalized spacial score (nSPS) is 34.4. The van der Waals surface area contributed by atoms with Crippen molar-refractivity contribution in [3.63, 3.8) is 0 Å². The number of nitrogens with one attached hydrogen (secondary N) is 1. The molecule has 3 aliphatic rings. The van der Waals surface area contributed by atoms with Gasteiger partial charge in [-0.2, -0.15) is 0 Å². The number of ketones is 2.